The summed E-state index contributed by atoms with van der Waals surface area (Å²) in [5.41, 5.74) is -0.981. The van der Waals surface area contributed by atoms with Crippen molar-refractivity contribution in [2.75, 3.05) is 0 Å². The van der Waals surface area contributed by atoms with Gasteiger partial charge in [0.15, 0.2) is 0 Å². The predicted molar refractivity (Wildman–Crippen MR) is 78.1 cm³/mol. The Morgan fingerprint density at radius 3 is 2.52 bits per heavy atom. The number of ether oxygens (including phenoxy) is 1. The SMILES string of the molecule is CC1CC(F)(F)CCC1(NC(=O)OCc1ccccc1)C(=O)O. The third-order valence-corrected chi connectivity index (χ3v) is 4.25. The summed E-state index contributed by atoms with van der Waals surface area (Å²) in [4.78, 5) is 23.5. The average Bonchev–Trinajstić information content (AvgIpc) is 2.48. The molecule has 2 N–H and O–H groups in total. The molecule has 0 bridgehead atoms. The first kappa shape index (κ1) is 17.2. The second kappa shape index (κ2) is 6.52. The Bertz CT molecular complexity index is 579. The zero-order chi connectivity index (χ0) is 17.1. The maximum Gasteiger partial charge on any atom is 0.408 e. The fourth-order valence-corrected chi connectivity index (χ4v) is 2.85. The number of halogens is 2. The maximum atomic E-state index is 13.4. The normalized spacial score (nSPS) is 26.3. The van der Waals surface area contributed by atoms with Crippen LogP contribution < -0.4 is 5.32 Å². The van der Waals surface area contributed by atoms with E-state index in [0.29, 0.717) is 0 Å². The molecular weight excluding hydrogens is 308 g/mol. The maximum absolute atomic E-state index is 13.4. The molecule has 7 heteroatoms. The average molecular weight is 327 g/mol. The first-order valence-electron chi connectivity index (χ1n) is 7.35. The van der Waals surface area contributed by atoms with Crippen molar-refractivity contribution >= 4 is 12.1 Å². The third-order valence-electron chi connectivity index (χ3n) is 4.25. The molecule has 0 saturated heterocycles. The van der Waals surface area contributed by atoms with Gasteiger partial charge in [0.2, 0.25) is 5.92 Å². The van der Waals surface area contributed by atoms with Crippen molar-refractivity contribution in [2.45, 2.75) is 44.3 Å². The smallest absolute Gasteiger partial charge is 0.408 e. The van der Waals surface area contributed by atoms with Gasteiger partial charge >= 0.3 is 12.1 Å². The number of nitrogens with one attached hydrogen (secondary N) is 1. The van der Waals surface area contributed by atoms with Gasteiger partial charge in [0.1, 0.15) is 12.1 Å². The molecule has 1 aliphatic rings. The molecule has 126 valence electrons. The van der Waals surface area contributed by atoms with E-state index in [4.69, 9.17) is 4.74 Å². The zero-order valence-electron chi connectivity index (χ0n) is 12.7. The van der Waals surface area contributed by atoms with E-state index in [9.17, 15) is 23.5 Å². The number of benzene rings is 1. The van der Waals surface area contributed by atoms with E-state index in [1.807, 2.05) is 6.07 Å². The summed E-state index contributed by atoms with van der Waals surface area (Å²) >= 11 is 0. The monoisotopic (exact) mass is 327 g/mol. The molecule has 23 heavy (non-hydrogen) atoms. The van der Waals surface area contributed by atoms with Crippen LogP contribution in [0.15, 0.2) is 30.3 Å². The quantitative estimate of drug-likeness (QED) is 0.890. The van der Waals surface area contributed by atoms with Crippen molar-refractivity contribution in [1.82, 2.24) is 5.32 Å². The van der Waals surface area contributed by atoms with Crippen LogP contribution in [0.4, 0.5) is 13.6 Å². The van der Waals surface area contributed by atoms with Crippen molar-refractivity contribution in [3.8, 4) is 0 Å². The van der Waals surface area contributed by atoms with Gasteiger partial charge < -0.3 is 15.2 Å². The number of amides is 1. The van der Waals surface area contributed by atoms with Gasteiger partial charge in [-0.1, -0.05) is 37.3 Å². The lowest BCUT2D eigenvalue weighted by Gasteiger charge is -2.41. The van der Waals surface area contributed by atoms with Gasteiger partial charge in [0.05, 0.1) is 0 Å². The largest absolute Gasteiger partial charge is 0.479 e. The van der Waals surface area contributed by atoms with Gasteiger partial charge in [-0.2, -0.15) is 0 Å². The van der Waals surface area contributed by atoms with Gasteiger partial charge in [-0.15, -0.1) is 0 Å². The molecule has 0 spiro atoms. The Labute approximate surface area is 132 Å². The van der Waals surface area contributed by atoms with Gasteiger partial charge in [-0.05, 0) is 17.9 Å². The van der Waals surface area contributed by atoms with Crippen LogP contribution >= 0.6 is 0 Å². The van der Waals surface area contributed by atoms with Crippen LogP contribution in [0.5, 0.6) is 0 Å². The first-order chi connectivity index (χ1) is 10.8. The highest BCUT2D eigenvalue weighted by atomic mass is 19.3. The minimum atomic E-state index is -2.91. The van der Waals surface area contributed by atoms with Crippen LogP contribution in [0, 0.1) is 5.92 Å². The summed E-state index contributed by atoms with van der Waals surface area (Å²) in [7, 11) is 0. The van der Waals surface area contributed by atoms with Crippen molar-refractivity contribution in [1.29, 1.82) is 0 Å². The highest BCUT2D eigenvalue weighted by molar-refractivity contribution is 5.85. The molecule has 2 atom stereocenters. The van der Waals surface area contributed by atoms with Crippen molar-refractivity contribution < 1.29 is 28.2 Å². The Kier molecular flexibility index (Phi) is 4.87. The van der Waals surface area contributed by atoms with Crippen LogP contribution in [-0.4, -0.2) is 28.6 Å². The molecule has 1 aromatic carbocycles. The lowest BCUT2D eigenvalue weighted by atomic mass is 9.72. The van der Waals surface area contributed by atoms with Crippen molar-refractivity contribution in [3.63, 3.8) is 0 Å². The van der Waals surface area contributed by atoms with Gasteiger partial charge in [0, 0.05) is 12.8 Å². The lowest BCUT2D eigenvalue weighted by Crippen LogP contribution is -2.62. The Morgan fingerprint density at radius 1 is 1.30 bits per heavy atom. The van der Waals surface area contributed by atoms with Gasteiger partial charge in [-0.3, -0.25) is 0 Å². The minimum Gasteiger partial charge on any atom is -0.479 e. The van der Waals surface area contributed by atoms with Crippen LogP contribution in [0.1, 0.15) is 31.7 Å². The van der Waals surface area contributed by atoms with Gasteiger partial charge in [-0.25, -0.2) is 18.4 Å². The van der Waals surface area contributed by atoms with E-state index in [1.54, 1.807) is 24.3 Å². The third kappa shape index (κ3) is 3.97. The minimum absolute atomic E-state index is 0.0209. The summed E-state index contributed by atoms with van der Waals surface area (Å²) < 4.78 is 31.9. The number of carboxylic acids is 1. The molecule has 1 fully saturated rings. The predicted octanol–water partition coefficient (Wildman–Crippen LogP) is 3.19. The summed E-state index contributed by atoms with van der Waals surface area (Å²) in [5.74, 6) is -5.14. The van der Waals surface area contributed by atoms with Crippen LogP contribution in [0.25, 0.3) is 0 Å². The number of alkyl carbamates (subject to hydrolysis) is 1. The highest BCUT2D eigenvalue weighted by Gasteiger charge is 2.54. The van der Waals surface area contributed by atoms with Crippen LogP contribution in [0.2, 0.25) is 0 Å². The number of hydrogen-bond donors (Lipinski definition) is 2. The molecular formula is C16H19F2NO4. The number of carbonyl (C=O) groups is 2. The van der Waals surface area contributed by atoms with E-state index in [2.05, 4.69) is 5.32 Å². The fourth-order valence-electron chi connectivity index (χ4n) is 2.85. The van der Waals surface area contributed by atoms with E-state index in [0.717, 1.165) is 5.56 Å². The molecule has 0 radical (unpaired) electrons. The first-order valence-corrected chi connectivity index (χ1v) is 7.35. The number of hydrogen-bond acceptors (Lipinski definition) is 3. The topological polar surface area (TPSA) is 75.6 Å². The van der Waals surface area contributed by atoms with Crippen LogP contribution in [-0.2, 0) is 16.1 Å². The number of alkyl halides is 2. The molecule has 0 heterocycles. The Hall–Kier alpha value is -2.18. The van der Waals surface area contributed by atoms with Crippen molar-refractivity contribution in [2.24, 2.45) is 5.92 Å². The molecule has 1 saturated carbocycles. The van der Waals surface area contributed by atoms with Gasteiger partial charge in [0.25, 0.3) is 0 Å². The molecule has 1 aliphatic carbocycles. The molecule has 0 aromatic heterocycles. The van der Waals surface area contributed by atoms with E-state index in [-0.39, 0.29) is 13.0 Å². The molecule has 1 aromatic rings. The number of carboxylic acid groups (broad SMARTS) is 1. The number of aliphatic carboxylic acids is 1. The highest BCUT2D eigenvalue weighted by Crippen LogP contribution is 2.42. The second-order valence-corrected chi connectivity index (χ2v) is 5.92. The summed E-state index contributed by atoms with van der Waals surface area (Å²) in [6, 6.07) is 8.88. The zero-order valence-corrected chi connectivity index (χ0v) is 12.7. The molecule has 0 aliphatic heterocycles. The molecule has 5 nitrogen and oxygen atoms in total. The summed E-state index contributed by atoms with van der Waals surface area (Å²) in [6.45, 7) is 1.38. The van der Waals surface area contributed by atoms with E-state index < -0.39 is 42.3 Å². The van der Waals surface area contributed by atoms with Crippen molar-refractivity contribution in [3.05, 3.63) is 35.9 Å². The summed E-state index contributed by atoms with van der Waals surface area (Å²) in [5, 5.41) is 11.7. The lowest BCUT2D eigenvalue weighted by molar-refractivity contribution is -0.155. The molecule has 2 rings (SSSR count). The van der Waals surface area contributed by atoms with Crippen LogP contribution in [0.3, 0.4) is 0 Å². The molecule has 1 amide bonds. The Balaban J connectivity index is 2.02. The number of carbonyl (C=O) groups excluding carboxylic acids is 1. The fraction of sp³-hybridized carbons (Fsp3) is 0.500. The van der Waals surface area contributed by atoms with E-state index >= 15 is 0 Å². The standard InChI is InChI=1S/C16H19F2NO4/c1-11-9-15(17,18)7-8-16(11,13(20)21)19-14(22)23-10-12-5-3-2-4-6-12/h2-6,11H,7-10H2,1H3,(H,19,22)(H,20,21). The second-order valence-electron chi connectivity index (χ2n) is 5.92. The van der Waals surface area contributed by atoms with E-state index in [1.165, 1.54) is 6.92 Å². The Morgan fingerprint density at radius 2 is 1.96 bits per heavy atom. The number of rotatable bonds is 4. The summed E-state index contributed by atoms with van der Waals surface area (Å²) in [6.07, 6.45) is -2.43. The molecule has 2 unspecified atom stereocenters.